The summed E-state index contributed by atoms with van der Waals surface area (Å²) in [4.78, 5) is 9.32. The molecule has 3 aromatic heterocycles. The summed E-state index contributed by atoms with van der Waals surface area (Å²) < 4.78 is 2.70. The summed E-state index contributed by atoms with van der Waals surface area (Å²) in [6, 6.07) is 34.6. The van der Waals surface area contributed by atoms with Gasteiger partial charge in [-0.3, -0.25) is 0 Å². The molecule has 3 aromatic carbocycles. The number of nitrogens with zero attached hydrogens (tertiary/aromatic N) is 2. The Kier molecular flexibility index (Phi) is 10.9. The van der Waals surface area contributed by atoms with Gasteiger partial charge in [0.1, 0.15) is 0 Å². The Bertz CT molecular complexity index is 1830. The van der Waals surface area contributed by atoms with E-state index in [0.29, 0.717) is 11.8 Å². The Labute approximate surface area is 287 Å². The van der Waals surface area contributed by atoms with E-state index in [4.69, 9.17) is 4.98 Å². The Balaban J connectivity index is 0.000000212. The third-order valence-electron chi connectivity index (χ3n) is 8.86. The number of benzene rings is 3. The largest absolute Gasteiger partial charge is 0.304 e. The second-order valence-corrected chi connectivity index (χ2v) is 19.5. The van der Waals surface area contributed by atoms with Crippen molar-refractivity contribution in [3.8, 4) is 22.5 Å². The van der Waals surface area contributed by atoms with Gasteiger partial charge in [-0.15, -0.1) is 59.7 Å². The first-order valence-electron chi connectivity index (χ1n) is 16.0. The average Bonchev–Trinajstić information content (AvgIpc) is 3.44. The fourth-order valence-corrected chi connectivity index (χ4v) is 8.60. The van der Waals surface area contributed by atoms with Gasteiger partial charge in [-0.25, -0.2) is 0 Å². The van der Waals surface area contributed by atoms with Crippen LogP contribution in [0.25, 0.3) is 42.7 Å². The van der Waals surface area contributed by atoms with Crippen LogP contribution < -0.4 is 5.19 Å². The molecule has 1 aliphatic carbocycles. The van der Waals surface area contributed by atoms with Crippen LogP contribution in [0.2, 0.25) is 19.6 Å². The van der Waals surface area contributed by atoms with Crippen LogP contribution in [0.15, 0.2) is 91.3 Å². The fraction of sp³-hybridized carbons (Fsp3) is 0.300. The van der Waals surface area contributed by atoms with Gasteiger partial charge in [0, 0.05) is 37.2 Å². The van der Waals surface area contributed by atoms with Crippen LogP contribution in [-0.2, 0) is 20.1 Å². The Morgan fingerprint density at radius 2 is 1.56 bits per heavy atom. The van der Waals surface area contributed by atoms with Gasteiger partial charge < -0.3 is 9.97 Å². The summed E-state index contributed by atoms with van der Waals surface area (Å²) >= 11 is 1.90. The summed E-state index contributed by atoms with van der Waals surface area (Å²) in [6.07, 6.45) is 10.8. The minimum atomic E-state index is -1.31. The van der Waals surface area contributed by atoms with E-state index in [9.17, 15) is 0 Å². The molecule has 6 aromatic rings. The summed E-state index contributed by atoms with van der Waals surface area (Å²) in [7, 11) is -1.31. The molecule has 1 saturated carbocycles. The van der Waals surface area contributed by atoms with Crippen molar-refractivity contribution in [3.05, 3.63) is 115 Å². The maximum atomic E-state index is 4.88. The molecular formula is C40H42IrN2SSi-2. The van der Waals surface area contributed by atoms with E-state index >= 15 is 0 Å². The number of rotatable bonds is 5. The van der Waals surface area contributed by atoms with Gasteiger partial charge in [-0.2, -0.15) is 11.3 Å². The second kappa shape index (κ2) is 14.6. The molecule has 5 heteroatoms. The molecule has 233 valence electrons. The molecule has 2 nitrogen and oxygen atoms in total. The van der Waals surface area contributed by atoms with Gasteiger partial charge in [0.15, 0.2) is 0 Å². The predicted octanol–water partition coefficient (Wildman–Crippen LogP) is 11.2. The molecule has 0 unspecified atom stereocenters. The van der Waals surface area contributed by atoms with Crippen LogP contribution in [-0.4, -0.2) is 18.0 Å². The SMILES string of the molecule is CC(C)c1ccc(-c2[c-]cccc2)nc1.C[Si](C)(C)c1ccc2c(c1)sc1c(-c3ccc(C4CCCCC4)cn3)[c-]ccc12.[Ir]. The first kappa shape index (κ1) is 33.4. The predicted molar refractivity (Wildman–Crippen MR) is 193 cm³/mol. The van der Waals surface area contributed by atoms with Crippen molar-refractivity contribution in [1.82, 2.24) is 9.97 Å². The standard InChI is InChI=1S/C26H28NSSi.C14H14N.Ir/c1-29(2,3)20-13-14-21-22-10-7-11-23(26(22)28-25(21)16-20)24-15-12-19(17-27-24)18-8-5-4-6-9-18;1-11(2)13-8-9-14(15-10-13)12-6-4-3-5-7-12;/h7,10,12-18H,4-6,8-9H2,1-3H3;3-6,8-11H,1-2H3;/q2*-1;. The van der Waals surface area contributed by atoms with Gasteiger partial charge in [0.05, 0.1) is 8.07 Å². The van der Waals surface area contributed by atoms with Crippen LogP contribution >= 0.6 is 11.3 Å². The van der Waals surface area contributed by atoms with Crippen LogP contribution in [0.3, 0.4) is 0 Å². The number of thiophene rings is 1. The minimum absolute atomic E-state index is 0. The van der Waals surface area contributed by atoms with Gasteiger partial charge in [-0.05, 0) is 63.3 Å². The zero-order valence-corrected chi connectivity index (χ0v) is 31.2. The molecule has 1 fully saturated rings. The molecule has 0 aliphatic heterocycles. The van der Waals surface area contributed by atoms with E-state index in [2.05, 4.69) is 111 Å². The van der Waals surface area contributed by atoms with Crippen LogP contribution in [0.5, 0.6) is 0 Å². The molecule has 0 saturated heterocycles. The van der Waals surface area contributed by atoms with Crippen LogP contribution in [0, 0.1) is 12.1 Å². The van der Waals surface area contributed by atoms with Gasteiger partial charge in [0.2, 0.25) is 0 Å². The first-order valence-corrected chi connectivity index (χ1v) is 20.4. The average molecular weight is 803 g/mol. The number of hydrogen-bond donors (Lipinski definition) is 0. The summed E-state index contributed by atoms with van der Waals surface area (Å²) in [5.41, 5.74) is 6.92. The van der Waals surface area contributed by atoms with Crippen LogP contribution in [0.1, 0.15) is 68.9 Å². The van der Waals surface area contributed by atoms with Gasteiger partial charge in [0.25, 0.3) is 0 Å². The molecule has 3 heterocycles. The van der Waals surface area contributed by atoms with E-state index in [-0.39, 0.29) is 20.1 Å². The van der Waals surface area contributed by atoms with Crippen molar-refractivity contribution >= 4 is 44.8 Å². The zero-order chi connectivity index (χ0) is 30.7. The number of fused-ring (bicyclic) bond motifs is 3. The van der Waals surface area contributed by atoms with Crippen molar-refractivity contribution in [2.45, 2.75) is 77.4 Å². The van der Waals surface area contributed by atoms with Crippen molar-refractivity contribution in [1.29, 1.82) is 0 Å². The molecule has 7 rings (SSSR count). The smallest absolute Gasteiger partial charge is 0.0776 e. The Hall–Kier alpha value is -2.95. The van der Waals surface area contributed by atoms with Crippen molar-refractivity contribution in [3.63, 3.8) is 0 Å². The maximum Gasteiger partial charge on any atom is 0.0776 e. The first-order chi connectivity index (χ1) is 21.3. The van der Waals surface area contributed by atoms with E-state index in [1.54, 1.807) is 0 Å². The summed E-state index contributed by atoms with van der Waals surface area (Å²) in [5, 5.41) is 4.22. The Morgan fingerprint density at radius 1 is 0.778 bits per heavy atom. The normalized spacial score (nSPS) is 13.8. The van der Waals surface area contributed by atoms with Crippen molar-refractivity contribution in [2.75, 3.05) is 0 Å². The molecule has 1 radical (unpaired) electrons. The van der Waals surface area contributed by atoms with Crippen LogP contribution in [0.4, 0.5) is 0 Å². The molecule has 0 bridgehead atoms. The maximum absolute atomic E-state index is 4.88. The van der Waals surface area contributed by atoms with Crippen molar-refractivity contribution in [2.24, 2.45) is 0 Å². The second-order valence-electron chi connectivity index (χ2n) is 13.4. The van der Waals surface area contributed by atoms with E-state index < -0.39 is 8.07 Å². The third kappa shape index (κ3) is 7.72. The molecule has 45 heavy (non-hydrogen) atoms. The zero-order valence-electron chi connectivity index (χ0n) is 27.0. The Morgan fingerprint density at radius 3 is 2.20 bits per heavy atom. The van der Waals surface area contributed by atoms with E-state index in [1.165, 1.54) is 68.6 Å². The monoisotopic (exact) mass is 803 g/mol. The third-order valence-corrected chi connectivity index (χ3v) is 12.1. The fourth-order valence-electron chi connectivity index (χ4n) is 6.09. The quantitative estimate of drug-likeness (QED) is 0.128. The van der Waals surface area contributed by atoms with Crippen molar-refractivity contribution < 1.29 is 20.1 Å². The molecule has 0 N–H and O–H groups in total. The number of hydrogen-bond acceptors (Lipinski definition) is 3. The van der Waals surface area contributed by atoms with Gasteiger partial charge in [-0.1, -0.05) is 99.7 Å². The summed E-state index contributed by atoms with van der Waals surface area (Å²) in [5.74, 6) is 1.24. The molecule has 1 aliphatic rings. The van der Waals surface area contributed by atoms with E-state index in [0.717, 1.165) is 22.5 Å². The number of aromatic nitrogens is 2. The molecule has 0 spiro atoms. The minimum Gasteiger partial charge on any atom is -0.304 e. The summed E-state index contributed by atoms with van der Waals surface area (Å²) in [6.45, 7) is 11.6. The number of pyridine rings is 2. The molecule has 0 atom stereocenters. The van der Waals surface area contributed by atoms with E-state index in [1.807, 2.05) is 41.8 Å². The molecular weight excluding hydrogens is 761 g/mol. The topological polar surface area (TPSA) is 25.8 Å². The van der Waals surface area contributed by atoms with Gasteiger partial charge >= 0.3 is 0 Å². The molecule has 0 amide bonds.